The highest BCUT2D eigenvalue weighted by Gasteiger charge is 2.29. The summed E-state index contributed by atoms with van der Waals surface area (Å²) in [5.41, 5.74) is 4.68. The number of carbonyl (C=O) groups excluding carboxylic acids is 2. The number of aromatic nitrogens is 4. The number of nitrogens with zero attached hydrogens (tertiary/aromatic N) is 5. The van der Waals surface area contributed by atoms with Crippen molar-refractivity contribution in [3.63, 3.8) is 0 Å². The van der Waals surface area contributed by atoms with Crippen LogP contribution in [0.5, 0.6) is 0 Å². The van der Waals surface area contributed by atoms with E-state index in [9.17, 15) is 9.59 Å². The Hall–Kier alpha value is -4.37. The lowest BCUT2D eigenvalue weighted by Crippen LogP contribution is -2.33. The van der Waals surface area contributed by atoms with Gasteiger partial charge in [-0.05, 0) is 61.2 Å². The fourth-order valence-electron chi connectivity index (χ4n) is 4.75. The van der Waals surface area contributed by atoms with E-state index in [1.807, 2.05) is 59.2 Å². The molecule has 1 aromatic carbocycles. The Labute approximate surface area is 216 Å². The normalized spacial score (nSPS) is 14.6. The first-order valence-electron chi connectivity index (χ1n) is 12.3. The third-order valence-electron chi connectivity index (χ3n) is 6.76. The number of hydrogen-bond acceptors (Lipinski definition) is 6. The van der Waals surface area contributed by atoms with E-state index in [-0.39, 0.29) is 11.8 Å². The van der Waals surface area contributed by atoms with E-state index in [0.29, 0.717) is 36.2 Å². The summed E-state index contributed by atoms with van der Waals surface area (Å²) in [4.78, 5) is 43.4. The first kappa shape index (κ1) is 21.9. The van der Waals surface area contributed by atoms with Crippen molar-refractivity contribution in [2.24, 2.45) is 0 Å². The lowest BCUT2D eigenvalue weighted by Gasteiger charge is -2.23. The predicted molar refractivity (Wildman–Crippen MR) is 142 cm³/mol. The van der Waals surface area contributed by atoms with Gasteiger partial charge in [-0.15, -0.1) is 11.3 Å². The summed E-state index contributed by atoms with van der Waals surface area (Å²) in [6.45, 7) is 0.493. The van der Waals surface area contributed by atoms with Gasteiger partial charge in [-0.25, -0.2) is 15.0 Å². The van der Waals surface area contributed by atoms with Gasteiger partial charge in [0, 0.05) is 29.2 Å². The van der Waals surface area contributed by atoms with Crippen molar-refractivity contribution >= 4 is 40.0 Å². The molecular weight excluding hydrogens is 484 g/mol. The fraction of sp³-hybridized carbons (Fsp3) is 0.179. The summed E-state index contributed by atoms with van der Waals surface area (Å²) < 4.78 is 1.83. The molecule has 37 heavy (non-hydrogen) atoms. The number of carbonyl (C=O) groups is 2. The van der Waals surface area contributed by atoms with E-state index in [1.54, 1.807) is 23.5 Å². The number of hydrogen-bond donors (Lipinski definition) is 1. The minimum atomic E-state index is -0.168. The van der Waals surface area contributed by atoms with Crippen LogP contribution in [0.4, 0.5) is 5.69 Å². The average molecular weight is 507 g/mol. The molecule has 2 aliphatic rings. The molecule has 1 aliphatic carbocycles. The Morgan fingerprint density at radius 2 is 1.89 bits per heavy atom. The van der Waals surface area contributed by atoms with E-state index in [4.69, 9.17) is 4.98 Å². The topological polar surface area (TPSA) is 93.0 Å². The van der Waals surface area contributed by atoms with Gasteiger partial charge in [0.05, 0.1) is 16.1 Å². The Bertz CT molecular complexity index is 1690. The number of pyridine rings is 2. The number of thiophene rings is 1. The van der Waals surface area contributed by atoms with Crippen LogP contribution in [0, 0.1) is 0 Å². The minimum Gasteiger partial charge on any atom is -0.349 e. The highest BCUT2D eigenvalue weighted by Crippen LogP contribution is 2.42. The van der Waals surface area contributed by atoms with Gasteiger partial charge in [-0.1, -0.05) is 24.3 Å². The monoisotopic (exact) mass is 506 g/mol. The molecule has 1 fully saturated rings. The first-order chi connectivity index (χ1) is 18.2. The van der Waals surface area contributed by atoms with Crippen LogP contribution >= 0.6 is 11.3 Å². The van der Waals surface area contributed by atoms with E-state index < -0.39 is 0 Å². The zero-order valence-corrected chi connectivity index (χ0v) is 20.6. The molecule has 9 heteroatoms. The Kier molecular flexibility index (Phi) is 5.10. The quantitative estimate of drug-likeness (QED) is 0.383. The summed E-state index contributed by atoms with van der Waals surface area (Å²) in [7, 11) is 0. The average Bonchev–Trinajstić information content (AvgIpc) is 3.52. The number of imidazole rings is 1. The Morgan fingerprint density at radius 3 is 2.78 bits per heavy atom. The molecule has 4 aromatic heterocycles. The van der Waals surface area contributed by atoms with Crippen molar-refractivity contribution < 1.29 is 9.59 Å². The van der Waals surface area contributed by atoms with Crippen LogP contribution in [-0.4, -0.2) is 43.9 Å². The van der Waals surface area contributed by atoms with Crippen LogP contribution < -0.4 is 10.2 Å². The van der Waals surface area contributed by atoms with E-state index in [0.717, 1.165) is 44.9 Å². The van der Waals surface area contributed by atoms with Crippen LogP contribution in [0.25, 0.3) is 27.4 Å². The molecule has 1 aliphatic heterocycles. The van der Waals surface area contributed by atoms with Crippen molar-refractivity contribution in [2.45, 2.75) is 25.3 Å². The largest absolute Gasteiger partial charge is 0.349 e. The Balaban J connectivity index is 1.23. The minimum absolute atomic E-state index is 0.00534. The van der Waals surface area contributed by atoms with Gasteiger partial charge in [-0.3, -0.25) is 14.2 Å². The van der Waals surface area contributed by atoms with Gasteiger partial charge in [0.15, 0.2) is 5.65 Å². The standard InChI is InChI=1S/C28H22N6O2S/c35-27(31-18-10-11-18)23-15-17-12-14-33(21-7-2-1-5-19(21)25(17)37-23)28(36)20-6-3-9-24(32-20)34-16-30-26-22(34)8-4-13-29-26/h1-9,13,15-16,18H,10-12,14H2,(H,31,35). The van der Waals surface area contributed by atoms with Gasteiger partial charge in [0.1, 0.15) is 17.8 Å². The highest BCUT2D eigenvalue weighted by atomic mass is 32.1. The second kappa shape index (κ2) is 8.63. The van der Waals surface area contributed by atoms with Gasteiger partial charge in [0.2, 0.25) is 0 Å². The van der Waals surface area contributed by atoms with E-state index in [2.05, 4.69) is 15.3 Å². The number of rotatable bonds is 4. The molecule has 0 bridgehead atoms. The molecule has 7 rings (SSSR count). The maximum absolute atomic E-state index is 13.8. The number of anilines is 1. The summed E-state index contributed by atoms with van der Waals surface area (Å²) >= 11 is 1.50. The van der Waals surface area contributed by atoms with Crippen molar-refractivity contribution in [2.75, 3.05) is 11.4 Å². The molecule has 5 heterocycles. The van der Waals surface area contributed by atoms with Crippen molar-refractivity contribution in [1.29, 1.82) is 0 Å². The summed E-state index contributed by atoms with van der Waals surface area (Å²) in [6.07, 6.45) is 6.13. The van der Waals surface area contributed by atoms with Gasteiger partial charge in [0.25, 0.3) is 11.8 Å². The summed E-state index contributed by atoms with van der Waals surface area (Å²) in [5.74, 6) is 0.433. The maximum atomic E-state index is 13.8. The smallest absolute Gasteiger partial charge is 0.276 e. The third-order valence-corrected chi connectivity index (χ3v) is 7.97. The van der Waals surface area contributed by atoms with Crippen LogP contribution in [0.1, 0.15) is 38.6 Å². The molecule has 0 saturated heterocycles. The zero-order chi connectivity index (χ0) is 24.9. The van der Waals surface area contributed by atoms with Crippen LogP contribution in [0.3, 0.4) is 0 Å². The molecule has 0 unspecified atom stereocenters. The molecule has 182 valence electrons. The van der Waals surface area contributed by atoms with Gasteiger partial charge >= 0.3 is 0 Å². The van der Waals surface area contributed by atoms with Crippen LogP contribution in [0.2, 0.25) is 0 Å². The molecular formula is C28H22N6O2S. The number of benzene rings is 1. The van der Waals surface area contributed by atoms with E-state index in [1.165, 1.54) is 11.3 Å². The number of amides is 2. The van der Waals surface area contributed by atoms with Crippen molar-refractivity contribution in [3.05, 3.63) is 89.3 Å². The van der Waals surface area contributed by atoms with E-state index >= 15 is 0 Å². The van der Waals surface area contributed by atoms with Gasteiger partial charge < -0.3 is 10.2 Å². The SMILES string of the molecule is O=C(NC1CC1)c1cc2c(s1)-c1ccccc1N(C(=O)c1cccc(-n3cnc4ncccc43)n1)CC2. The lowest BCUT2D eigenvalue weighted by atomic mass is 10.1. The fourth-order valence-corrected chi connectivity index (χ4v) is 5.90. The number of para-hydroxylation sites is 1. The number of nitrogens with one attached hydrogen (secondary N) is 1. The Morgan fingerprint density at radius 1 is 1.00 bits per heavy atom. The second-order valence-electron chi connectivity index (χ2n) is 9.28. The lowest BCUT2D eigenvalue weighted by molar-refractivity contribution is 0.0952. The van der Waals surface area contributed by atoms with Crippen molar-refractivity contribution in [3.8, 4) is 16.3 Å². The van der Waals surface area contributed by atoms with Gasteiger partial charge in [-0.2, -0.15) is 0 Å². The molecule has 0 radical (unpaired) electrons. The number of fused-ring (bicyclic) bond motifs is 4. The van der Waals surface area contributed by atoms with Crippen LogP contribution in [-0.2, 0) is 6.42 Å². The summed E-state index contributed by atoms with van der Waals surface area (Å²) in [6, 6.07) is 19.4. The van der Waals surface area contributed by atoms with Crippen LogP contribution in [0.15, 0.2) is 73.2 Å². The first-order valence-corrected chi connectivity index (χ1v) is 13.1. The van der Waals surface area contributed by atoms with Crippen molar-refractivity contribution in [1.82, 2.24) is 24.8 Å². The zero-order valence-electron chi connectivity index (χ0n) is 19.8. The maximum Gasteiger partial charge on any atom is 0.276 e. The molecule has 2 amide bonds. The highest BCUT2D eigenvalue weighted by molar-refractivity contribution is 7.17. The molecule has 0 spiro atoms. The third kappa shape index (κ3) is 3.88. The molecule has 0 atom stereocenters. The molecule has 8 nitrogen and oxygen atoms in total. The second-order valence-corrected chi connectivity index (χ2v) is 10.3. The molecule has 1 saturated carbocycles. The molecule has 5 aromatic rings. The predicted octanol–water partition coefficient (Wildman–Crippen LogP) is 4.64. The molecule has 1 N–H and O–H groups in total. The summed E-state index contributed by atoms with van der Waals surface area (Å²) in [5, 5.41) is 3.08.